The van der Waals surface area contributed by atoms with E-state index < -0.39 is 0 Å². The second-order valence-electron chi connectivity index (χ2n) is 4.53. The molecule has 1 saturated heterocycles. The van der Waals surface area contributed by atoms with E-state index in [1.807, 2.05) is 6.92 Å². The zero-order valence-electron chi connectivity index (χ0n) is 10.1. The predicted octanol–water partition coefficient (Wildman–Crippen LogP) is -0.338. The lowest BCUT2D eigenvalue weighted by molar-refractivity contribution is -0.138. The zero-order valence-corrected chi connectivity index (χ0v) is 10.1. The van der Waals surface area contributed by atoms with Gasteiger partial charge in [-0.15, -0.1) is 0 Å². The number of likely N-dealkylation sites (N-methyl/N-ethyl adjacent to an activating group) is 1. The number of carbonyl (C=O) groups is 2. The van der Waals surface area contributed by atoms with Gasteiger partial charge >= 0.3 is 0 Å². The third kappa shape index (κ3) is 3.48. The Bertz CT molecular complexity index is 268. The van der Waals surface area contributed by atoms with E-state index in [0.717, 1.165) is 13.0 Å². The molecule has 1 aliphatic rings. The van der Waals surface area contributed by atoms with E-state index in [2.05, 4.69) is 0 Å². The molecular weight excluding hydrogens is 206 g/mol. The van der Waals surface area contributed by atoms with Crippen molar-refractivity contribution in [3.8, 4) is 0 Å². The fourth-order valence-corrected chi connectivity index (χ4v) is 1.71. The Morgan fingerprint density at radius 1 is 1.50 bits per heavy atom. The van der Waals surface area contributed by atoms with Gasteiger partial charge in [-0.25, -0.2) is 0 Å². The van der Waals surface area contributed by atoms with E-state index in [1.165, 1.54) is 0 Å². The summed E-state index contributed by atoms with van der Waals surface area (Å²) in [6.45, 7) is 4.07. The lowest BCUT2D eigenvalue weighted by Gasteiger charge is -2.21. The number of nitrogens with zero attached hydrogens (tertiary/aromatic N) is 2. The highest BCUT2D eigenvalue weighted by Gasteiger charge is 2.23. The highest BCUT2D eigenvalue weighted by atomic mass is 16.2. The Labute approximate surface area is 96.6 Å². The molecule has 0 radical (unpaired) electrons. The highest BCUT2D eigenvalue weighted by Crippen LogP contribution is 2.08. The van der Waals surface area contributed by atoms with Crippen LogP contribution in [0.3, 0.4) is 0 Å². The molecule has 0 aromatic rings. The summed E-state index contributed by atoms with van der Waals surface area (Å²) in [5.74, 6) is 0.247. The smallest absolute Gasteiger partial charge is 0.241 e. The zero-order chi connectivity index (χ0) is 12.1. The van der Waals surface area contributed by atoms with Gasteiger partial charge in [0.2, 0.25) is 11.8 Å². The second kappa shape index (κ2) is 5.84. The number of rotatable bonds is 3. The lowest BCUT2D eigenvalue weighted by atomic mass is 10.1. The van der Waals surface area contributed by atoms with Crippen LogP contribution in [0.1, 0.15) is 19.8 Å². The standard InChI is InChI=1S/C11H21N3O2/c1-9(7-12)6-10(15)14-5-3-4-13(2)11(16)8-14/h9H,3-8,12H2,1-2H3. The highest BCUT2D eigenvalue weighted by molar-refractivity contribution is 5.85. The summed E-state index contributed by atoms with van der Waals surface area (Å²) >= 11 is 0. The van der Waals surface area contributed by atoms with Crippen molar-refractivity contribution in [1.29, 1.82) is 0 Å². The van der Waals surface area contributed by atoms with Crippen molar-refractivity contribution in [2.75, 3.05) is 33.2 Å². The number of carbonyl (C=O) groups excluding carboxylic acids is 2. The van der Waals surface area contributed by atoms with Crippen LogP contribution < -0.4 is 5.73 Å². The van der Waals surface area contributed by atoms with Crippen LogP contribution in [-0.4, -0.2) is 54.8 Å². The van der Waals surface area contributed by atoms with E-state index in [4.69, 9.17) is 5.73 Å². The summed E-state index contributed by atoms with van der Waals surface area (Å²) in [6.07, 6.45) is 1.29. The second-order valence-corrected chi connectivity index (χ2v) is 4.53. The van der Waals surface area contributed by atoms with Crippen molar-refractivity contribution >= 4 is 11.8 Å². The maximum atomic E-state index is 11.9. The molecule has 2 amide bonds. The molecule has 0 aliphatic carbocycles. The van der Waals surface area contributed by atoms with Gasteiger partial charge in [0, 0.05) is 26.6 Å². The molecule has 5 nitrogen and oxygen atoms in total. The SMILES string of the molecule is CC(CN)CC(=O)N1CCCN(C)C(=O)C1. The number of nitrogens with two attached hydrogens (primary N) is 1. The van der Waals surface area contributed by atoms with Gasteiger partial charge in [-0.2, -0.15) is 0 Å². The Morgan fingerprint density at radius 3 is 2.81 bits per heavy atom. The maximum Gasteiger partial charge on any atom is 0.241 e. The summed E-state index contributed by atoms with van der Waals surface area (Å²) in [5.41, 5.74) is 5.48. The van der Waals surface area contributed by atoms with Crippen molar-refractivity contribution in [3.63, 3.8) is 0 Å². The van der Waals surface area contributed by atoms with E-state index in [1.54, 1.807) is 16.8 Å². The van der Waals surface area contributed by atoms with Gasteiger partial charge in [0.1, 0.15) is 0 Å². The molecule has 2 N–H and O–H groups in total. The normalized spacial score (nSPS) is 19.6. The van der Waals surface area contributed by atoms with Gasteiger partial charge in [0.05, 0.1) is 6.54 Å². The van der Waals surface area contributed by atoms with E-state index >= 15 is 0 Å². The first-order chi connectivity index (χ1) is 7.54. The molecule has 0 spiro atoms. The average molecular weight is 227 g/mol. The Hall–Kier alpha value is -1.10. The largest absolute Gasteiger partial charge is 0.344 e. The average Bonchev–Trinajstić information content (AvgIpc) is 2.41. The molecular formula is C11H21N3O2. The molecule has 0 saturated carbocycles. The summed E-state index contributed by atoms with van der Waals surface area (Å²) < 4.78 is 0. The third-order valence-electron chi connectivity index (χ3n) is 2.95. The molecule has 1 fully saturated rings. The van der Waals surface area contributed by atoms with Crippen LogP contribution in [0.15, 0.2) is 0 Å². The van der Waals surface area contributed by atoms with Gasteiger partial charge in [0.25, 0.3) is 0 Å². The summed E-state index contributed by atoms with van der Waals surface area (Å²) in [6, 6.07) is 0. The van der Waals surface area contributed by atoms with Gasteiger partial charge in [0.15, 0.2) is 0 Å². The molecule has 1 heterocycles. The molecule has 0 aromatic carbocycles. The Kier molecular flexibility index (Phi) is 4.73. The minimum absolute atomic E-state index is 0.0197. The first-order valence-electron chi connectivity index (χ1n) is 5.76. The van der Waals surface area contributed by atoms with Crippen molar-refractivity contribution in [3.05, 3.63) is 0 Å². The maximum absolute atomic E-state index is 11.9. The van der Waals surface area contributed by atoms with Crippen LogP contribution in [-0.2, 0) is 9.59 Å². The third-order valence-corrected chi connectivity index (χ3v) is 2.95. The van der Waals surface area contributed by atoms with Gasteiger partial charge in [-0.1, -0.05) is 6.92 Å². The fraction of sp³-hybridized carbons (Fsp3) is 0.818. The van der Waals surface area contributed by atoms with Gasteiger partial charge in [-0.05, 0) is 18.9 Å². The molecule has 1 unspecified atom stereocenters. The van der Waals surface area contributed by atoms with Crippen LogP contribution in [0.4, 0.5) is 0 Å². The summed E-state index contributed by atoms with van der Waals surface area (Å²) in [4.78, 5) is 26.8. The first-order valence-corrected chi connectivity index (χ1v) is 5.76. The molecule has 1 rings (SSSR count). The van der Waals surface area contributed by atoms with Crippen LogP contribution in [0.5, 0.6) is 0 Å². The monoisotopic (exact) mass is 227 g/mol. The Morgan fingerprint density at radius 2 is 2.19 bits per heavy atom. The van der Waals surface area contributed by atoms with Crippen molar-refractivity contribution in [2.24, 2.45) is 11.7 Å². The Balaban J connectivity index is 2.52. The summed E-state index contributed by atoms with van der Waals surface area (Å²) in [5, 5.41) is 0. The number of hydrogen-bond donors (Lipinski definition) is 1. The van der Waals surface area contributed by atoms with Crippen LogP contribution >= 0.6 is 0 Å². The molecule has 0 bridgehead atoms. The molecule has 1 atom stereocenters. The van der Waals surface area contributed by atoms with Crippen LogP contribution in [0.2, 0.25) is 0 Å². The van der Waals surface area contributed by atoms with Crippen LogP contribution in [0.25, 0.3) is 0 Å². The topological polar surface area (TPSA) is 66.6 Å². The number of hydrogen-bond acceptors (Lipinski definition) is 3. The predicted molar refractivity (Wildman–Crippen MR) is 61.7 cm³/mol. The fourth-order valence-electron chi connectivity index (χ4n) is 1.71. The molecule has 1 aliphatic heterocycles. The minimum Gasteiger partial charge on any atom is -0.344 e. The first kappa shape index (κ1) is 13.0. The van der Waals surface area contributed by atoms with E-state index in [-0.39, 0.29) is 24.3 Å². The van der Waals surface area contributed by atoms with Crippen LogP contribution in [0, 0.1) is 5.92 Å². The minimum atomic E-state index is 0.0197. The molecule has 92 valence electrons. The van der Waals surface area contributed by atoms with Gasteiger partial charge < -0.3 is 15.5 Å². The van der Waals surface area contributed by atoms with Crippen molar-refractivity contribution in [2.45, 2.75) is 19.8 Å². The lowest BCUT2D eigenvalue weighted by Crippen LogP contribution is -2.38. The molecule has 0 aromatic heterocycles. The van der Waals surface area contributed by atoms with E-state index in [0.29, 0.717) is 19.5 Å². The summed E-state index contributed by atoms with van der Waals surface area (Å²) in [7, 11) is 1.78. The molecule has 16 heavy (non-hydrogen) atoms. The molecule has 5 heteroatoms. The van der Waals surface area contributed by atoms with Crippen molar-refractivity contribution in [1.82, 2.24) is 9.80 Å². The number of amides is 2. The van der Waals surface area contributed by atoms with Crippen molar-refractivity contribution < 1.29 is 9.59 Å². The quantitative estimate of drug-likeness (QED) is 0.717. The van der Waals surface area contributed by atoms with Gasteiger partial charge in [-0.3, -0.25) is 9.59 Å². The van der Waals surface area contributed by atoms with E-state index in [9.17, 15) is 9.59 Å².